The smallest absolute Gasteiger partial charge is 0.243 e. The molecule has 28 heavy (non-hydrogen) atoms. The van der Waals surface area contributed by atoms with E-state index in [2.05, 4.69) is 5.32 Å². The number of sulfonamides is 1. The molecule has 1 N–H and O–H groups in total. The van der Waals surface area contributed by atoms with E-state index in [1.165, 1.54) is 10.4 Å². The second-order valence-electron chi connectivity index (χ2n) is 6.83. The molecule has 2 aromatic rings. The van der Waals surface area contributed by atoms with Gasteiger partial charge in [0.2, 0.25) is 15.9 Å². The molecular formula is C20H22Cl2N2O3S. The quantitative estimate of drug-likeness (QED) is 0.690. The first-order valence-corrected chi connectivity index (χ1v) is 11.4. The molecule has 2 aromatic carbocycles. The van der Waals surface area contributed by atoms with Crippen LogP contribution in [-0.2, 0) is 14.8 Å². The monoisotopic (exact) mass is 440 g/mol. The fraction of sp³-hybridized carbons (Fsp3) is 0.350. The van der Waals surface area contributed by atoms with Crippen LogP contribution in [0.5, 0.6) is 0 Å². The van der Waals surface area contributed by atoms with Crippen LogP contribution >= 0.6 is 23.2 Å². The van der Waals surface area contributed by atoms with E-state index in [0.717, 1.165) is 32.1 Å². The molecule has 0 bridgehead atoms. The molecule has 8 heteroatoms. The predicted molar refractivity (Wildman–Crippen MR) is 112 cm³/mol. The van der Waals surface area contributed by atoms with E-state index >= 15 is 0 Å². The highest BCUT2D eigenvalue weighted by molar-refractivity contribution is 7.89. The minimum absolute atomic E-state index is 0.189. The van der Waals surface area contributed by atoms with Gasteiger partial charge in [0.1, 0.15) is 0 Å². The van der Waals surface area contributed by atoms with Crippen LogP contribution in [0.3, 0.4) is 0 Å². The van der Waals surface area contributed by atoms with Crippen molar-refractivity contribution in [3.8, 4) is 0 Å². The van der Waals surface area contributed by atoms with Crippen molar-refractivity contribution in [3.05, 3.63) is 58.6 Å². The van der Waals surface area contributed by atoms with Crippen LogP contribution in [0.15, 0.2) is 53.4 Å². The van der Waals surface area contributed by atoms with Gasteiger partial charge in [-0.2, -0.15) is 4.31 Å². The fourth-order valence-corrected chi connectivity index (χ4v) is 5.55. The zero-order valence-electron chi connectivity index (χ0n) is 15.3. The van der Waals surface area contributed by atoms with Crippen molar-refractivity contribution in [2.45, 2.75) is 43.0 Å². The van der Waals surface area contributed by atoms with Gasteiger partial charge in [-0.3, -0.25) is 4.79 Å². The van der Waals surface area contributed by atoms with E-state index in [1.54, 1.807) is 42.5 Å². The molecule has 1 aliphatic carbocycles. The number of nitrogens with one attached hydrogen (secondary N) is 1. The van der Waals surface area contributed by atoms with Crippen LogP contribution < -0.4 is 5.32 Å². The van der Waals surface area contributed by atoms with E-state index in [1.807, 2.05) is 0 Å². The van der Waals surface area contributed by atoms with Gasteiger partial charge in [0.05, 0.1) is 22.2 Å². The van der Waals surface area contributed by atoms with Gasteiger partial charge in [0.15, 0.2) is 0 Å². The first-order valence-electron chi connectivity index (χ1n) is 9.20. The number of nitrogens with zero attached hydrogens (tertiary/aromatic N) is 1. The molecule has 0 saturated heterocycles. The number of hydrogen-bond donors (Lipinski definition) is 1. The van der Waals surface area contributed by atoms with Crippen LogP contribution in [0.1, 0.15) is 32.1 Å². The standard InChI is InChI=1S/C20H22Cl2N2O3S/c21-15-11-12-19(18(22)13-15)23-20(25)14-24(16-7-3-1-4-8-16)28(26,27)17-9-5-2-6-10-17/h2,5-6,9-13,16H,1,3-4,7-8,14H2,(H,23,25). The number of hydrogen-bond acceptors (Lipinski definition) is 3. The second-order valence-corrected chi connectivity index (χ2v) is 9.56. The minimum Gasteiger partial charge on any atom is -0.324 e. The van der Waals surface area contributed by atoms with E-state index in [4.69, 9.17) is 23.2 Å². The largest absolute Gasteiger partial charge is 0.324 e. The summed E-state index contributed by atoms with van der Waals surface area (Å²) >= 11 is 12.0. The Balaban J connectivity index is 1.83. The molecule has 1 aliphatic rings. The Morgan fingerprint density at radius 1 is 1.04 bits per heavy atom. The number of rotatable bonds is 6. The van der Waals surface area contributed by atoms with Crippen molar-refractivity contribution in [2.24, 2.45) is 0 Å². The molecule has 3 rings (SSSR count). The lowest BCUT2D eigenvalue weighted by Crippen LogP contribution is -2.45. The summed E-state index contributed by atoms with van der Waals surface area (Å²) in [7, 11) is -3.79. The number of amides is 1. The molecule has 0 spiro atoms. The zero-order valence-corrected chi connectivity index (χ0v) is 17.6. The maximum absolute atomic E-state index is 13.2. The summed E-state index contributed by atoms with van der Waals surface area (Å²) in [4.78, 5) is 12.9. The molecule has 1 fully saturated rings. The Bertz CT molecular complexity index is 930. The Labute approximate surface area is 175 Å². The number of carbonyl (C=O) groups is 1. The van der Waals surface area contributed by atoms with Crippen molar-refractivity contribution >= 4 is 44.8 Å². The molecule has 0 radical (unpaired) electrons. The van der Waals surface area contributed by atoms with E-state index in [0.29, 0.717) is 15.7 Å². The number of anilines is 1. The molecule has 0 aliphatic heterocycles. The van der Waals surface area contributed by atoms with Crippen molar-refractivity contribution in [3.63, 3.8) is 0 Å². The van der Waals surface area contributed by atoms with E-state index in [9.17, 15) is 13.2 Å². The molecule has 0 unspecified atom stereocenters. The Morgan fingerprint density at radius 2 is 1.71 bits per heavy atom. The molecule has 0 aromatic heterocycles. The average molecular weight is 441 g/mol. The number of carbonyl (C=O) groups excluding carboxylic acids is 1. The van der Waals surface area contributed by atoms with Gasteiger partial charge in [0.25, 0.3) is 0 Å². The molecular weight excluding hydrogens is 419 g/mol. The first-order chi connectivity index (χ1) is 13.4. The Hall–Kier alpha value is -1.60. The highest BCUT2D eigenvalue weighted by atomic mass is 35.5. The van der Waals surface area contributed by atoms with Crippen molar-refractivity contribution in [1.29, 1.82) is 0 Å². The Kier molecular flexibility index (Phi) is 6.99. The summed E-state index contributed by atoms with van der Waals surface area (Å²) in [6.07, 6.45) is 4.50. The number of halogens is 2. The SMILES string of the molecule is O=C(CN(C1CCCCC1)S(=O)(=O)c1ccccc1)Nc1ccc(Cl)cc1Cl. The van der Waals surface area contributed by atoms with Gasteiger partial charge >= 0.3 is 0 Å². The number of benzene rings is 2. The summed E-state index contributed by atoms with van der Waals surface area (Å²) < 4.78 is 27.8. The van der Waals surface area contributed by atoms with Gasteiger partial charge in [-0.05, 0) is 43.2 Å². The molecule has 5 nitrogen and oxygen atoms in total. The Morgan fingerprint density at radius 3 is 2.36 bits per heavy atom. The summed E-state index contributed by atoms with van der Waals surface area (Å²) in [6, 6.07) is 12.8. The third-order valence-electron chi connectivity index (χ3n) is 4.84. The maximum Gasteiger partial charge on any atom is 0.243 e. The molecule has 150 valence electrons. The van der Waals surface area contributed by atoms with Gasteiger partial charge in [-0.1, -0.05) is 60.7 Å². The van der Waals surface area contributed by atoms with E-state index < -0.39 is 15.9 Å². The third-order valence-corrected chi connectivity index (χ3v) is 7.30. The topological polar surface area (TPSA) is 66.5 Å². The van der Waals surface area contributed by atoms with E-state index in [-0.39, 0.29) is 17.5 Å². The lowest BCUT2D eigenvalue weighted by Gasteiger charge is -2.33. The van der Waals surface area contributed by atoms with Gasteiger partial charge in [0, 0.05) is 11.1 Å². The second kappa shape index (κ2) is 9.27. The summed E-state index contributed by atoms with van der Waals surface area (Å²) in [5.74, 6) is -0.436. The summed E-state index contributed by atoms with van der Waals surface area (Å²) in [5, 5.41) is 3.45. The van der Waals surface area contributed by atoms with Crippen LogP contribution in [0.4, 0.5) is 5.69 Å². The van der Waals surface area contributed by atoms with Gasteiger partial charge in [-0.15, -0.1) is 0 Å². The highest BCUT2D eigenvalue weighted by Crippen LogP contribution is 2.29. The first kappa shape index (κ1) is 21.1. The lowest BCUT2D eigenvalue weighted by atomic mass is 9.95. The van der Waals surface area contributed by atoms with Crippen LogP contribution in [0, 0.1) is 0 Å². The predicted octanol–water partition coefficient (Wildman–Crippen LogP) is 4.96. The maximum atomic E-state index is 13.2. The summed E-state index contributed by atoms with van der Waals surface area (Å²) in [5.41, 5.74) is 0.400. The van der Waals surface area contributed by atoms with Crippen LogP contribution in [0.2, 0.25) is 10.0 Å². The summed E-state index contributed by atoms with van der Waals surface area (Å²) in [6.45, 7) is -0.263. The van der Waals surface area contributed by atoms with Crippen molar-refractivity contribution in [2.75, 3.05) is 11.9 Å². The highest BCUT2D eigenvalue weighted by Gasteiger charge is 2.33. The van der Waals surface area contributed by atoms with Gasteiger partial charge in [-0.25, -0.2) is 8.42 Å². The molecule has 1 saturated carbocycles. The lowest BCUT2D eigenvalue weighted by molar-refractivity contribution is -0.116. The van der Waals surface area contributed by atoms with Crippen molar-refractivity contribution < 1.29 is 13.2 Å². The zero-order chi connectivity index (χ0) is 20.1. The van der Waals surface area contributed by atoms with Crippen LogP contribution in [0.25, 0.3) is 0 Å². The molecule has 0 heterocycles. The van der Waals surface area contributed by atoms with Gasteiger partial charge < -0.3 is 5.32 Å². The molecule has 0 atom stereocenters. The van der Waals surface area contributed by atoms with Crippen molar-refractivity contribution in [1.82, 2.24) is 4.31 Å². The average Bonchev–Trinajstić information content (AvgIpc) is 2.69. The van der Waals surface area contributed by atoms with Crippen LogP contribution in [-0.4, -0.2) is 31.2 Å². The minimum atomic E-state index is -3.79. The molecule has 1 amide bonds. The fourth-order valence-electron chi connectivity index (χ4n) is 3.43. The normalized spacial score (nSPS) is 15.5. The third kappa shape index (κ3) is 5.06.